The van der Waals surface area contributed by atoms with Crippen LogP contribution in [0, 0.1) is 0 Å². The van der Waals surface area contributed by atoms with Gasteiger partial charge in [0.2, 0.25) is 0 Å². The van der Waals surface area contributed by atoms with Crippen molar-refractivity contribution in [1.29, 1.82) is 0 Å². The van der Waals surface area contributed by atoms with Crippen LogP contribution in [0.3, 0.4) is 0 Å². The monoisotopic (exact) mass is 247 g/mol. The minimum Gasteiger partial charge on any atom is -1.00 e. The van der Waals surface area contributed by atoms with Crippen molar-refractivity contribution >= 4 is 0 Å². The van der Waals surface area contributed by atoms with E-state index in [1.807, 2.05) is 18.2 Å². The van der Waals surface area contributed by atoms with Gasteiger partial charge in [-0.05, 0) is 5.56 Å². The Morgan fingerprint density at radius 2 is 1.62 bits per heavy atom. The van der Waals surface area contributed by atoms with Crippen molar-refractivity contribution in [2.24, 2.45) is 0 Å². The smallest absolute Gasteiger partial charge is 0.168 e. The summed E-state index contributed by atoms with van der Waals surface area (Å²) in [7, 11) is 4.75. The maximum Gasteiger partial charge on any atom is 0.168 e. The SMILES string of the molecule is CO[N+](C)(OC)OCCc1ccccc1.[Cl-]. The fourth-order valence-electron chi connectivity index (χ4n) is 1.15. The van der Waals surface area contributed by atoms with Crippen molar-refractivity contribution in [1.82, 2.24) is 0 Å². The highest BCUT2D eigenvalue weighted by molar-refractivity contribution is 5.14. The molecule has 0 amide bonds. The Morgan fingerprint density at radius 3 is 2.12 bits per heavy atom. The fourth-order valence-corrected chi connectivity index (χ4v) is 1.15. The Bertz CT molecular complexity index is 278. The number of nitrogens with zero attached hydrogens (tertiary/aromatic N) is 1. The molecule has 0 fully saturated rings. The van der Waals surface area contributed by atoms with Crippen LogP contribution in [-0.2, 0) is 20.9 Å². The van der Waals surface area contributed by atoms with E-state index >= 15 is 0 Å². The van der Waals surface area contributed by atoms with Crippen LogP contribution >= 0.6 is 0 Å². The Labute approximate surface area is 103 Å². The van der Waals surface area contributed by atoms with Gasteiger partial charge in [-0.1, -0.05) is 30.3 Å². The molecule has 92 valence electrons. The van der Waals surface area contributed by atoms with Gasteiger partial charge in [0.05, 0.1) is 4.97 Å². The lowest BCUT2D eigenvalue weighted by Gasteiger charge is -2.21. The normalized spacial score (nSPS) is 10.9. The molecule has 1 aromatic carbocycles. The zero-order valence-electron chi connectivity index (χ0n) is 9.85. The van der Waals surface area contributed by atoms with Crippen molar-refractivity contribution in [2.75, 3.05) is 27.9 Å². The lowest BCUT2D eigenvalue weighted by Crippen LogP contribution is -3.00. The van der Waals surface area contributed by atoms with Gasteiger partial charge in [0.15, 0.2) is 7.05 Å². The summed E-state index contributed by atoms with van der Waals surface area (Å²) >= 11 is 0. The zero-order valence-corrected chi connectivity index (χ0v) is 10.6. The first-order valence-corrected chi connectivity index (χ1v) is 4.86. The summed E-state index contributed by atoms with van der Waals surface area (Å²) in [6, 6.07) is 10.1. The molecule has 0 aromatic heterocycles. The molecule has 16 heavy (non-hydrogen) atoms. The molecule has 0 aliphatic carbocycles. The van der Waals surface area contributed by atoms with Crippen LogP contribution in [-0.4, -0.2) is 32.8 Å². The van der Waals surface area contributed by atoms with Gasteiger partial charge in [-0.2, -0.15) is 0 Å². The first-order chi connectivity index (χ1) is 7.20. The Balaban J connectivity index is 0.00000225. The van der Waals surface area contributed by atoms with E-state index in [-0.39, 0.29) is 17.4 Å². The maximum atomic E-state index is 5.42. The highest BCUT2D eigenvalue weighted by Crippen LogP contribution is 2.06. The van der Waals surface area contributed by atoms with Crippen molar-refractivity contribution in [2.45, 2.75) is 6.42 Å². The summed E-state index contributed by atoms with van der Waals surface area (Å²) in [5, 5.41) is 0. The lowest BCUT2D eigenvalue weighted by molar-refractivity contribution is -1.35. The summed E-state index contributed by atoms with van der Waals surface area (Å²) < 4.78 is 0. The van der Waals surface area contributed by atoms with E-state index in [2.05, 4.69) is 12.1 Å². The molecule has 0 heterocycles. The molecular weight excluding hydrogens is 230 g/mol. The van der Waals surface area contributed by atoms with Gasteiger partial charge in [0.25, 0.3) is 0 Å². The number of rotatable bonds is 6. The van der Waals surface area contributed by atoms with Gasteiger partial charge < -0.3 is 12.4 Å². The average molecular weight is 248 g/mol. The number of hydroxylamine groups is 3. The molecule has 0 saturated heterocycles. The molecular formula is C11H18ClNO3. The van der Waals surface area contributed by atoms with Crippen molar-refractivity contribution in [3.8, 4) is 0 Å². The Morgan fingerprint density at radius 1 is 1.06 bits per heavy atom. The Hall–Kier alpha value is -0.650. The van der Waals surface area contributed by atoms with Gasteiger partial charge in [-0.3, -0.25) is 0 Å². The Kier molecular flexibility index (Phi) is 7.29. The summed E-state index contributed by atoms with van der Waals surface area (Å²) in [6.45, 7) is 0.544. The minimum absolute atomic E-state index is 0. The summed E-state index contributed by atoms with van der Waals surface area (Å²) in [6.07, 6.45) is 0.835. The zero-order chi connectivity index (χ0) is 11.1. The van der Waals surface area contributed by atoms with Gasteiger partial charge in [-0.15, -0.1) is 14.5 Å². The third-order valence-corrected chi connectivity index (χ3v) is 2.22. The molecule has 1 rings (SSSR count). The van der Waals surface area contributed by atoms with Crippen LogP contribution in [0.5, 0.6) is 0 Å². The molecule has 0 bridgehead atoms. The van der Waals surface area contributed by atoms with Gasteiger partial charge in [0, 0.05) is 6.42 Å². The van der Waals surface area contributed by atoms with E-state index in [0.29, 0.717) is 6.61 Å². The fraction of sp³-hybridized carbons (Fsp3) is 0.455. The lowest BCUT2D eigenvalue weighted by atomic mass is 10.2. The topological polar surface area (TPSA) is 27.7 Å². The summed E-state index contributed by atoms with van der Waals surface area (Å²) in [5.74, 6) is 0. The number of benzene rings is 1. The summed E-state index contributed by atoms with van der Waals surface area (Å²) in [5.41, 5.74) is 1.23. The third kappa shape index (κ3) is 4.92. The van der Waals surface area contributed by atoms with Gasteiger partial charge in [0.1, 0.15) is 20.8 Å². The average Bonchev–Trinajstić information content (AvgIpc) is 2.30. The van der Waals surface area contributed by atoms with Crippen molar-refractivity contribution < 1.29 is 31.9 Å². The molecule has 0 saturated carbocycles. The second-order valence-electron chi connectivity index (χ2n) is 3.21. The maximum absolute atomic E-state index is 5.42. The number of hydrogen-bond acceptors (Lipinski definition) is 3. The molecule has 4 nitrogen and oxygen atoms in total. The van der Waals surface area contributed by atoms with Crippen LogP contribution in [0.15, 0.2) is 30.3 Å². The highest BCUT2D eigenvalue weighted by atomic mass is 35.5. The number of halogens is 1. The molecule has 0 unspecified atom stereocenters. The molecule has 0 aliphatic heterocycles. The van der Waals surface area contributed by atoms with Gasteiger partial charge in [-0.25, -0.2) is 0 Å². The van der Waals surface area contributed by atoms with Crippen LogP contribution < -0.4 is 12.4 Å². The second kappa shape index (κ2) is 7.60. The number of hydrogen-bond donors (Lipinski definition) is 0. The van der Waals surface area contributed by atoms with E-state index in [9.17, 15) is 0 Å². The molecule has 1 aromatic rings. The molecule has 0 atom stereocenters. The molecule has 0 spiro atoms. The largest absolute Gasteiger partial charge is 1.00 e. The highest BCUT2D eigenvalue weighted by Gasteiger charge is 2.23. The van der Waals surface area contributed by atoms with Gasteiger partial charge >= 0.3 is 0 Å². The number of quaternary nitrogens is 1. The predicted molar refractivity (Wildman–Crippen MR) is 56.3 cm³/mol. The molecule has 0 aliphatic rings. The van der Waals surface area contributed by atoms with E-state index in [4.69, 9.17) is 14.5 Å². The predicted octanol–water partition coefficient (Wildman–Crippen LogP) is -1.27. The third-order valence-electron chi connectivity index (χ3n) is 2.22. The first kappa shape index (κ1) is 15.3. The first-order valence-electron chi connectivity index (χ1n) is 4.86. The molecule has 0 N–H and O–H groups in total. The van der Waals surface area contributed by atoms with Crippen molar-refractivity contribution in [3.63, 3.8) is 0 Å². The van der Waals surface area contributed by atoms with Crippen molar-refractivity contribution in [3.05, 3.63) is 35.9 Å². The van der Waals surface area contributed by atoms with E-state index in [1.165, 1.54) is 19.8 Å². The molecule has 5 heteroatoms. The minimum atomic E-state index is -0.299. The van der Waals surface area contributed by atoms with E-state index in [0.717, 1.165) is 6.42 Å². The van der Waals surface area contributed by atoms with Crippen LogP contribution in [0.25, 0.3) is 0 Å². The molecule has 0 radical (unpaired) electrons. The quantitative estimate of drug-likeness (QED) is 0.464. The van der Waals surface area contributed by atoms with E-state index < -0.39 is 0 Å². The standard InChI is InChI=1S/C11H18NO3.ClH/c1-12(13-2,14-3)15-10-9-11-7-5-4-6-8-11;/h4-8H,9-10H2,1-3H3;1H/q+1;/p-1. The van der Waals surface area contributed by atoms with E-state index in [1.54, 1.807) is 7.05 Å². The van der Waals surface area contributed by atoms with Crippen LogP contribution in [0.2, 0.25) is 0 Å². The second-order valence-corrected chi connectivity index (χ2v) is 3.21. The van der Waals surface area contributed by atoms with Crippen LogP contribution in [0.1, 0.15) is 5.56 Å². The summed E-state index contributed by atoms with van der Waals surface area (Å²) in [4.78, 5) is 15.2. The van der Waals surface area contributed by atoms with Crippen LogP contribution in [0.4, 0.5) is 0 Å².